The predicted molar refractivity (Wildman–Crippen MR) is 112 cm³/mol. The van der Waals surface area contributed by atoms with E-state index < -0.39 is 0 Å². The molecular weight excluding hydrogens is 366 g/mol. The van der Waals surface area contributed by atoms with Crippen LogP contribution >= 0.6 is 0 Å². The summed E-state index contributed by atoms with van der Waals surface area (Å²) in [5.74, 6) is 1.21. The molecule has 1 aromatic carbocycles. The molecule has 3 aliphatic rings. The van der Waals surface area contributed by atoms with Gasteiger partial charge in [-0.1, -0.05) is 31.0 Å². The number of likely N-dealkylation sites (tertiary alicyclic amines) is 1. The number of benzene rings is 1. The van der Waals surface area contributed by atoms with Gasteiger partial charge in [-0.15, -0.1) is 0 Å². The molecule has 1 spiro atoms. The fourth-order valence-electron chi connectivity index (χ4n) is 5.08. The number of amides is 3. The highest BCUT2D eigenvalue weighted by Gasteiger charge is 2.44. The number of piperidine rings is 1. The van der Waals surface area contributed by atoms with Crippen molar-refractivity contribution < 1.29 is 14.3 Å². The van der Waals surface area contributed by atoms with Crippen molar-refractivity contribution in [3.8, 4) is 5.75 Å². The van der Waals surface area contributed by atoms with Crippen molar-refractivity contribution in [1.29, 1.82) is 0 Å². The summed E-state index contributed by atoms with van der Waals surface area (Å²) < 4.78 is 6.51. The maximum Gasteiger partial charge on any atom is 0.317 e. The number of ether oxygens (including phenoxy) is 1. The Morgan fingerprint density at radius 3 is 2.55 bits per heavy atom. The lowest BCUT2D eigenvalue weighted by atomic mass is 9.76. The average molecular weight is 400 g/mol. The molecule has 2 fully saturated rings. The van der Waals surface area contributed by atoms with E-state index in [2.05, 4.69) is 11.4 Å². The van der Waals surface area contributed by atoms with Gasteiger partial charge in [0.15, 0.2) is 0 Å². The van der Waals surface area contributed by atoms with Crippen LogP contribution in [0.4, 0.5) is 4.79 Å². The van der Waals surface area contributed by atoms with Crippen molar-refractivity contribution >= 4 is 11.9 Å². The van der Waals surface area contributed by atoms with Crippen molar-refractivity contribution in [2.24, 2.45) is 0 Å². The molecule has 1 unspecified atom stereocenters. The minimum Gasteiger partial charge on any atom is -0.487 e. The van der Waals surface area contributed by atoms with E-state index in [1.807, 2.05) is 37.2 Å². The number of nitrogens with one attached hydrogen (secondary N) is 1. The van der Waals surface area contributed by atoms with Gasteiger partial charge in [0.25, 0.3) is 0 Å². The van der Waals surface area contributed by atoms with Crippen LogP contribution in [0.1, 0.15) is 62.8 Å². The van der Waals surface area contributed by atoms with Crippen molar-refractivity contribution in [1.82, 2.24) is 15.1 Å². The topological polar surface area (TPSA) is 61.9 Å². The van der Waals surface area contributed by atoms with Gasteiger partial charge >= 0.3 is 6.03 Å². The fourth-order valence-corrected chi connectivity index (χ4v) is 5.08. The van der Waals surface area contributed by atoms with Crippen LogP contribution in [-0.4, -0.2) is 60.6 Å². The molecule has 1 aromatic rings. The predicted octanol–water partition coefficient (Wildman–Crippen LogP) is 3.52. The van der Waals surface area contributed by atoms with Gasteiger partial charge in [-0.05, 0) is 30.9 Å². The minimum atomic E-state index is -0.282. The summed E-state index contributed by atoms with van der Waals surface area (Å²) in [4.78, 5) is 28.7. The highest BCUT2D eigenvalue weighted by atomic mass is 16.5. The maximum atomic E-state index is 12.6. The van der Waals surface area contributed by atoms with E-state index in [1.54, 1.807) is 4.90 Å². The standard InChI is InChI=1S/C23H33N3O3/c1-25(2)21(27)15-17-16-23(29-20-10-6-5-9-19(17)20)11-13-26(14-12-23)22(28)24-18-7-3-4-8-18/h5-6,9-10,17-18H,3-4,7-8,11-16H2,1-2H3,(H,24,28). The van der Waals surface area contributed by atoms with Gasteiger partial charge in [-0.25, -0.2) is 4.79 Å². The number of urea groups is 1. The Balaban J connectivity index is 1.43. The Morgan fingerprint density at radius 2 is 1.86 bits per heavy atom. The van der Waals surface area contributed by atoms with Crippen LogP contribution in [-0.2, 0) is 4.79 Å². The molecule has 4 rings (SSSR count). The summed E-state index contributed by atoms with van der Waals surface area (Å²) in [7, 11) is 3.62. The molecule has 1 saturated carbocycles. The van der Waals surface area contributed by atoms with E-state index in [0.29, 0.717) is 25.6 Å². The quantitative estimate of drug-likeness (QED) is 0.846. The summed E-state index contributed by atoms with van der Waals surface area (Å²) in [6, 6.07) is 8.53. The highest BCUT2D eigenvalue weighted by Crippen LogP contribution is 2.46. The average Bonchev–Trinajstić information content (AvgIpc) is 3.21. The van der Waals surface area contributed by atoms with E-state index in [9.17, 15) is 9.59 Å². The molecule has 2 aliphatic heterocycles. The van der Waals surface area contributed by atoms with Crippen LogP contribution in [0.3, 0.4) is 0 Å². The second kappa shape index (κ2) is 8.25. The maximum absolute atomic E-state index is 12.6. The Labute approximate surface area is 173 Å². The fraction of sp³-hybridized carbons (Fsp3) is 0.652. The van der Waals surface area contributed by atoms with Gasteiger partial charge < -0.3 is 19.9 Å². The molecule has 6 heteroatoms. The van der Waals surface area contributed by atoms with E-state index in [1.165, 1.54) is 12.8 Å². The van der Waals surface area contributed by atoms with Gasteiger partial charge in [-0.3, -0.25) is 4.79 Å². The zero-order chi connectivity index (χ0) is 20.4. The molecule has 3 amide bonds. The third-order valence-electron chi connectivity index (χ3n) is 6.87. The lowest BCUT2D eigenvalue weighted by Gasteiger charge is -2.47. The Morgan fingerprint density at radius 1 is 1.17 bits per heavy atom. The number of rotatable bonds is 3. The molecule has 6 nitrogen and oxygen atoms in total. The second-order valence-electron chi connectivity index (χ2n) is 9.13. The summed E-state index contributed by atoms with van der Waals surface area (Å²) in [6.07, 6.45) is 7.60. The highest BCUT2D eigenvalue weighted by molar-refractivity contribution is 5.77. The van der Waals surface area contributed by atoms with E-state index in [0.717, 1.165) is 43.4 Å². The van der Waals surface area contributed by atoms with Gasteiger partial charge in [0, 0.05) is 58.4 Å². The molecule has 1 saturated heterocycles. The molecule has 158 valence electrons. The van der Waals surface area contributed by atoms with Gasteiger partial charge in [0.2, 0.25) is 5.91 Å². The number of carbonyl (C=O) groups is 2. The summed E-state index contributed by atoms with van der Waals surface area (Å²) >= 11 is 0. The van der Waals surface area contributed by atoms with E-state index in [4.69, 9.17) is 4.74 Å². The molecule has 2 heterocycles. The number of hydrogen-bond acceptors (Lipinski definition) is 3. The SMILES string of the molecule is CN(C)C(=O)CC1CC2(CCN(C(=O)NC3CCCC3)CC2)Oc2ccccc21. The first-order chi connectivity index (χ1) is 14.0. The van der Waals surface area contributed by atoms with Crippen molar-refractivity contribution in [2.75, 3.05) is 27.2 Å². The first kappa shape index (κ1) is 20.0. The summed E-state index contributed by atoms with van der Waals surface area (Å²) in [5, 5.41) is 3.20. The number of nitrogens with zero attached hydrogens (tertiary/aromatic N) is 2. The number of carbonyl (C=O) groups excluding carboxylic acids is 2. The van der Waals surface area contributed by atoms with E-state index in [-0.39, 0.29) is 23.5 Å². The zero-order valence-electron chi connectivity index (χ0n) is 17.7. The molecule has 1 atom stereocenters. The molecule has 0 radical (unpaired) electrons. The summed E-state index contributed by atoms with van der Waals surface area (Å²) in [5.41, 5.74) is 0.852. The monoisotopic (exact) mass is 399 g/mol. The van der Waals surface area contributed by atoms with Crippen LogP contribution in [0.15, 0.2) is 24.3 Å². The largest absolute Gasteiger partial charge is 0.487 e. The van der Waals surface area contributed by atoms with Crippen LogP contribution in [0.5, 0.6) is 5.75 Å². The molecule has 1 N–H and O–H groups in total. The molecular formula is C23H33N3O3. The molecule has 29 heavy (non-hydrogen) atoms. The van der Waals surface area contributed by atoms with Gasteiger partial charge in [0.05, 0.1) is 0 Å². The Hall–Kier alpha value is -2.24. The van der Waals surface area contributed by atoms with Crippen LogP contribution in [0.2, 0.25) is 0 Å². The number of hydrogen-bond donors (Lipinski definition) is 1. The van der Waals surface area contributed by atoms with Crippen LogP contribution in [0, 0.1) is 0 Å². The summed E-state index contributed by atoms with van der Waals surface area (Å²) in [6.45, 7) is 1.41. The Kier molecular flexibility index (Phi) is 5.70. The van der Waals surface area contributed by atoms with Crippen LogP contribution < -0.4 is 10.1 Å². The number of para-hydroxylation sites is 1. The second-order valence-corrected chi connectivity index (χ2v) is 9.13. The smallest absolute Gasteiger partial charge is 0.317 e. The number of fused-ring (bicyclic) bond motifs is 1. The minimum absolute atomic E-state index is 0.0716. The van der Waals surface area contributed by atoms with Crippen molar-refractivity contribution in [2.45, 2.75) is 68.9 Å². The normalized spacial score (nSPS) is 23.4. The lowest BCUT2D eigenvalue weighted by Crippen LogP contribution is -2.54. The molecule has 1 aliphatic carbocycles. The van der Waals surface area contributed by atoms with Gasteiger partial charge in [0.1, 0.15) is 11.4 Å². The van der Waals surface area contributed by atoms with Crippen molar-refractivity contribution in [3.63, 3.8) is 0 Å². The van der Waals surface area contributed by atoms with E-state index >= 15 is 0 Å². The molecule has 0 bridgehead atoms. The third-order valence-corrected chi connectivity index (χ3v) is 6.87. The zero-order valence-corrected chi connectivity index (χ0v) is 17.7. The van der Waals surface area contributed by atoms with Crippen molar-refractivity contribution in [3.05, 3.63) is 29.8 Å². The van der Waals surface area contributed by atoms with Crippen LogP contribution in [0.25, 0.3) is 0 Å². The molecule has 0 aromatic heterocycles. The first-order valence-corrected chi connectivity index (χ1v) is 11.0. The van der Waals surface area contributed by atoms with Gasteiger partial charge in [-0.2, -0.15) is 0 Å². The third kappa shape index (κ3) is 4.36. The Bertz CT molecular complexity index is 749. The lowest BCUT2D eigenvalue weighted by molar-refractivity contribution is -0.129. The first-order valence-electron chi connectivity index (χ1n) is 11.0.